The Labute approximate surface area is 145 Å². The van der Waals surface area contributed by atoms with Gasteiger partial charge in [0.05, 0.1) is 5.56 Å². The molecule has 0 radical (unpaired) electrons. The SMILES string of the molecule is Cc1c(Br)c(Br)c(C(=O)c2ccccc2)c(Br)c1Br. The Morgan fingerprint density at radius 2 is 1.32 bits per heavy atom. The van der Waals surface area contributed by atoms with Crippen LogP contribution in [0.4, 0.5) is 0 Å². The van der Waals surface area contributed by atoms with Gasteiger partial charge in [0.1, 0.15) is 0 Å². The molecule has 0 N–H and O–H groups in total. The molecule has 5 heteroatoms. The molecule has 0 unspecified atom stereocenters. The van der Waals surface area contributed by atoms with Gasteiger partial charge in [-0.05, 0) is 76.2 Å². The van der Waals surface area contributed by atoms with Crippen molar-refractivity contribution in [3.63, 3.8) is 0 Å². The Hall–Kier alpha value is 0.0300. The first-order valence-electron chi connectivity index (χ1n) is 5.37. The molecule has 0 amide bonds. The van der Waals surface area contributed by atoms with Crippen molar-refractivity contribution in [1.29, 1.82) is 0 Å². The fraction of sp³-hybridized carbons (Fsp3) is 0.0714. The summed E-state index contributed by atoms with van der Waals surface area (Å²) >= 11 is 14.0. The number of ketones is 1. The van der Waals surface area contributed by atoms with E-state index in [0.717, 1.165) is 23.5 Å². The fourth-order valence-electron chi connectivity index (χ4n) is 1.67. The number of carbonyl (C=O) groups is 1. The number of hydrogen-bond acceptors (Lipinski definition) is 1. The van der Waals surface area contributed by atoms with E-state index in [2.05, 4.69) is 63.7 Å². The highest BCUT2D eigenvalue weighted by atomic mass is 79.9. The lowest BCUT2D eigenvalue weighted by Crippen LogP contribution is -2.05. The zero-order valence-electron chi connectivity index (χ0n) is 9.81. The molecule has 0 fully saturated rings. The predicted molar refractivity (Wildman–Crippen MR) is 91.9 cm³/mol. The summed E-state index contributed by atoms with van der Waals surface area (Å²) in [5.74, 6) is -0.0271. The van der Waals surface area contributed by atoms with Gasteiger partial charge in [-0.2, -0.15) is 0 Å². The second kappa shape index (κ2) is 6.20. The molecule has 19 heavy (non-hydrogen) atoms. The van der Waals surface area contributed by atoms with E-state index in [9.17, 15) is 4.79 Å². The highest BCUT2D eigenvalue weighted by Crippen LogP contribution is 2.42. The first-order chi connectivity index (χ1) is 8.95. The third kappa shape index (κ3) is 2.89. The molecule has 0 heterocycles. The minimum absolute atomic E-state index is 0.0271. The smallest absolute Gasteiger partial charge is 0.195 e. The molecule has 0 aliphatic rings. The third-order valence-electron chi connectivity index (χ3n) is 2.75. The number of benzene rings is 2. The highest BCUT2D eigenvalue weighted by Gasteiger charge is 2.22. The highest BCUT2D eigenvalue weighted by molar-refractivity contribution is 9.14. The Morgan fingerprint density at radius 1 is 0.842 bits per heavy atom. The molecule has 0 spiro atoms. The van der Waals surface area contributed by atoms with E-state index in [1.54, 1.807) is 0 Å². The first-order valence-corrected chi connectivity index (χ1v) is 8.54. The van der Waals surface area contributed by atoms with E-state index < -0.39 is 0 Å². The van der Waals surface area contributed by atoms with Crippen LogP contribution >= 0.6 is 63.7 Å². The third-order valence-corrected chi connectivity index (χ3v) is 7.38. The lowest BCUT2D eigenvalue weighted by Gasteiger charge is -2.13. The summed E-state index contributed by atoms with van der Waals surface area (Å²) in [5.41, 5.74) is 2.30. The molecule has 0 bridgehead atoms. The summed E-state index contributed by atoms with van der Waals surface area (Å²) in [7, 11) is 0. The molecule has 0 aliphatic carbocycles. The largest absolute Gasteiger partial charge is 0.289 e. The number of halogens is 4. The van der Waals surface area contributed by atoms with Crippen LogP contribution in [0.3, 0.4) is 0 Å². The van der Waals surface area contributed by atoms with Crippen molar-refractivity contribution >= 4 is 69.5 Å². The van der Waals surface area contributed by atoms with E-state index in [1.165, 1.54) is 0 Å². The zero-order chi connectivity index (χ0) is 14.2. The van der Waals surface area contributed by atoms with Gasteiger partial charge in [-0.3, -0.25) is 4.79 Å². The monoisotopic (exact) mass is 508 g/mol. The van der Waals surface area contributed by atoms with Crippen LogP contribution in [0.1, 0.15) is 21.5 Å². The molecular formula is C14H8Br4O. The van der Waals surface area contributed by atoms with Crippen molar-refractivity contribution in [2.45, 2.75) is 6.92 Å². The van der Waals surface area contributed by atoms with Gasteiger partial charge < -0.3 is 0 Å². The summed E-state index contributed by atoms with van der Waals surface area (Å²) in [6.45, 7) is 1.97. The first kappa shape index (κ1) is 15.4. The normalized spacial score (nSPS) is 10.6. The topological polar surface area (TPSA) is 17.1 Å². The van der Waals surface area contributed by atoms with Gasteiger partial charge in [-0.15, -0.1) is 0 Å². The minimum atomic E-state index is -0.0271. The maximum Gasteiger partial charge on any atom is 0.195 e. The van der Waals surface area contributed by atoms with Gasteiger partial charge >= 0.3 is 0 Å². The summed E-state index contributed by atoms with van der Waals surface area (Å²) in [4.78, 5) is 12.6. The molecule has 0 saturated carbocycles. The zero-order valence-corrected chi connectivity index (χ0v) is 16.2. The van der Waals surface area contributed by atoms with Gasteiger partial charge in [0.2, 0.25) is 0 Å². The summed E-state index contributed by atoms with van der Waals surface area (Å²) < 4.78 is 3.27. The molecule has 98 valence electrons. The Balaban J connectivity index is 2.67. The number of hydrogen-bond donors (Lipinski definition) is 0. The summed E-state index contributed by atoms with van der Waals surface area (Å²) in [5, 5.41) is 0. The number of carbonyl (C=O) groups excluding carboxylic acids is 1. The molecule has 1 nitrogen and oxygen atoms in total. The van der Waals surface area contributed by atoms with Crippen molar-refractivity contribution in [3.05, 3.63) is 64.9 Å². The molecule has 2 aromatic rings. The predicted octanol–water partition coefficient (Wildman–Crippen LogP) is 6.28. The summed E-state index contributed by atoms with van der Waals surface area (Å²) in [6, 6.07) is 9.22. The van der Waals surface area contributed by atoms with Gasteiger partial charge in [-0.25, -0.2) is 0 Å². The van der Waals surface area contributed by atoms with E-state index in [4.69, 9.17) is 0 Å². The van der Waals surface area contributed by atoms with E-state index in [-0.39, 0.29) is 5.78 Å². The molecule has 0 atom stereocenters. The average molecular weight is 512 g/mol. The van der Waals surface area contributed by atoms with Crippen LogP contribution in [0.15, 0.2) is 48.2 Å². The molecule has 0 aromatic heterocycles. The van der Waals surface area contributed by atoms with E-state index >= 15 is 0 Å². The van der Waals surface area contributed by atoms with Crippen molar-refractivity contribution in [2.75, 3.05) is 0 Å². The van der Waals surface area contributed by atoms with E-state index in [1.807, 2.05) is 37.3 Å². The molecular weight excluding hydrogens is 504 g/mol. The molecule has 2 rings (SSSR count). The minimum Gasteiger partial charge on any atom is -0.289 e. The lowest BCUT2D eigenvalue weighted by atomic mass is 10.0. The quantitative estimate of drug-likeness (QED) is 0.343. The lowest BCUT2D eigenvalue weighted by molar-refractivity contribution is 0.103. The Bertz CT molecular complexity index is 621. The van der Waals surface area contributed by atoms with Gasteiger partial charge in [0.25, 0.3) is 0 Å². The Morgan fingerprint density at radius 3 is 1.79 bits per heavy atom. The van der Waals surface area contributed by atoms with Gasteiger partial charge in [-0.1, -0.05) is 30.3 Å². The van der Waals surface area contributed by atoms with Crippen LogP contribution in [0.5, 0.6) is 0 Å². The van der Waals surface area contributed by atoms with Crippen LogP contribution in [0.2, 0.25) is 0 Å². The fourth-order valence-corrected chi connectivity index (χ4v) is 4.35. The van der Waals surface area contributed by atoms with Crippen molar-refractivity contribution in [3.8, 4) is 0 Å². The molecule has 0 saturated heterocycles. The number of rotatable bonds is 2. The molecule has 2 aromatic carbocycles. The van der Waals surface area contributed by atoms with Crippen LogP contribution in [-0.2, 0) is 0 Å². The standard InChI is InChI=1S/C14H8Br4O/c1-7-10(15)12(17)9(13(18)11(7)16)14(19)8-5-3-2-4-6-8/h2-6H,1H3. The second-order valence-corrected chi connectivity index (χ2v) is 7.12. The van der Waals surface area contributed by atoms with Crippen LogP contribution in [-0.4, -0.2) is 5.78 Å². The maximum absolute atomic E-state index is 12.6. The summed E-state index contributed by atoms with van der Waals surface area (Å²) in [6.07, 6.45) is 0. The molecule has 0 aliphatic heterocycles. The van der Waals surface area contributed by atoms with E-state index in [0.29, 0.717) is 11.1 Å². The van der Waals surface area contributed by atoms with Crippen molar-refractivity contribution < 1.29 is 4.79 Å². The van der Waals surface area contributed by atoms with Crippen LogP contribution < -0.4 is 0 Å². The van der Waals surface area contributed by atoms with Crippen LogP contribution in [0, 0.1) is 6.92 Å². The second-order valence-electron chi connectivity index (χ2n) is 3.95. The Kier molecular flexibility index (Phi) is 5.04. The average Bonchev–Trinajstić information content (AvgIpc) is 2.44. The van der Waals surface area contributed by atoms with Crippen molar-refractivity contribution in [1.82, 2.24) is 0 Å². The van der Waals surface area contributed by atoms with Gasteiger partial charge in [0, 0.05) is 23.5 Å². The van der Waals surface area contributed by atoms with Crippen molar-refractivity contribution in [2.24, 2.45) is 0 Å². The van der Waals surface area contributed by atoms with Crippen LogP contribution in [0.25, 0.3) is 0 Å². The maximum atomic E-state index is 12.6. The van der Waals surface area contributed by atoms with Gasteiger partial charge in [0.15, 0.2) is 5.78 Å².